The molecule has 1 aromatic carbocycles. The maximum Gasteiger partial charge on any atom is 0.263 e. The summed E-state index contributed by atoms with van der Waals surface area (Å²) in [7, 11) is -3.70. The van der Waals surface area contributed by atoms with Gasteiger partial charge in [0.05, 0.1) is 4.90 Å². The van der Waals surface area contributed by atoms with Crippen molar-refractivity contribution in [1.29, 1.82) is 0 Å². The van der Waals surface area contributed by atoms with E-state index in [1.54, 1.807) is 18.2 Å². The van der Waals surface area contributed by atoms with Crippen LogP contribution in [0.2, 0.25) is 0 Å². The van der Waals surface area contributed by atoms with Crippen LogP contribution in [0.5, 0.6) is 0 Å². The molecule has 2 rings (SSSR count). The molecule has 0 amide bonds. The van der Waals surface area contributed by atoms with Crippen LogP contribution in [0.4, 0.5) is 11.5 Å². The molecule has 5 nitrogen and oxygen atoms in total. The quantitative estimate of drug-likeness (QED) is 0.850. The van der Waals surface area contributed by atoms with Gasteiger partial charge in [-0.25, -0.2) is 13.4 Å². The van der Waals surface area contributed by atoms with Crippen LogP contribution in [0.3, 0.4) is 0 Å². The minimum absolute atomic E-state index is 0.200. The average molecular weight is 305 g/mol. The Morgan fingerprint density at radius 3 is 2.52 bits per heavy atom. The maximum absolute atomic E-state index is 12.5. The Labute approximate surface area is 125 Å². The van der Waals surface area contributed by atoms with Gasteiger partial charge in [0.1, 0.15) is 5.82 Å². The predicted molar refractivity (Wildman–Crippen MR) is 84.8 cm³/mol. The number of hydrogen-bond donors (Lipinski definition) is 2. The Bertz CT molecular complexity index is 750. The number of nitrogens with zero attached hydrogens (tertiary/aromatic N) is 1. The van der Waals surface area contributed by atoms with E-state index in [2.05, 4.69) is 9.71 Å². The zero-order chi connectivity index (χ0) is 15.6. The Morgan fingerprint density at radius 1 is 1.19 bits per heavy atom. The van der Waals surface area contributed by atoms with E-state index >= 15 is 0 Å². The molecule has 1 aromatic heterocycles. The average Bonchev–Trinajstić information content (AvgIpc) is 2.36. The fourth-order valence-corrected chi connectivity index (χ4v) is 3.54. The zero-order valence-electron chi connectivity index (χ0n) is 12.3. The predicted octanol–water partition coefficient (Wildman–Crippen LogP) is 2.64. The van der Waals surface area contributed by atoms with E-state index in [9.17, 15) is 8.42 Å². The lowest BCUT2D eigenvalue weighted by Crippen LogP contribution is -2.16. The van der Waals surface area contributed by atoms with E-state index in [-0.39, 0.29) is 4.90 Å². The summed E-state index contributed by atoms with van der Waals surface area (Å²) in [5.41, 5.74) is 8.56. The molecule has 0 unspecified atom stereocenters. The molecule has 0 fully saturated rings. The first kappa shape index (κ1) is 15.3. The summed E-state index contributed by atoms with van der Waals surface area (Å²) in [6.45, 7) is 5.62. The summed E-state index contributed by atoms with van der Waals surface area (Å²) < 4.78 is 27.6. The lowest BCUT2D eigenvalue weighted by Gasteiger charge is -2.12. The van der Waals surface area contributed by atoms with Crippen molar-refractivity contribution in [3.05, 3.63) is 47.2 Å². The summed E-state index contributed by atoms with van der Waals surface area (Å²) in [6.07, 6.45) is 0.608. The first-order valence-corrected chi connectivity index (χ1v) is 8.16. The molecule has 0 saturated heterocycles. The van der Waals surface area contributed by atoms with Gasteiger partial charge in [0.15, 0.2) is 0 Å². The van der Waals surface area contributed by atoms with E-state index in [0.29, 0.717) is 17.9 Å². The highest BCUT2D eigenvalue weighted by Crippen LogP contribution is 2.22. The van der Waals surface area contributed by atoms with Gasteiger partial charge in [0.2, 0.25) is 0 Å². The van der Waals surface area contributed by atoms with E-state index in [0.717, 1.165) is 16.8 Å². The van der Waals surface area contributed by atoms with E-state index in [1.807, 2.05) is 26.8 Å². The van der Waals surface area contributed by atoms with Crippen LogP contribution < -0.4 is 10.5 Å². The number of hydrogen-bond acceptors (Lipinski definition) is 4. The molecular formula is C15H19N3O2S. The van der Waals surface area contributed by atoms with Crippen molar-refractivity contribution >= 4 is 21.5 Å². The van der Waals surface area contributed by atoms with Gasteiger partial charge in [-0.15, -0.1) is 0 Å². The molecule has 6 heteroatoms. The highest BCUT2D eigenvalue weighted by Gasteiger charge is 2.19. The van der Waals surface area contributed by atoms with Crippen LogP contribution in [-0.2, 0) is 16.4 Å². The number of pyridine rings is 1. The summed E-state index contributed by atoms with van der Waals surface area (Å²) >= 11 is 0. The molecule has 0 saturated carbocycles. The van der Waals surface area contributed by atoms with Crippen molar-refractivity contribution < 1.29 is 8.42 Å². The van der Waals surface area contributed by atoms with Crippen molar-refractivity contribution in [2.24, 2.45) is 0 Å². The van der Waals surface area contributed by atoms with Crippen molar-refractivity contribution in [2.75, 3.05) is 10.5 Å². The topological polar surface area (TPSA) is 85.1 Å². The first-order chi connectivity index (χ1) is 9.81. The van der Waals surface area contributed by atoms with Crippen molar-refractivity contribution in [3.8, 4) is 0 Å². The highest BCUT2D eigenvalue weighted by atomic mass is 32.2. The molecule has 0 aliphatic rings. The van der Waals surface area contributed by atoms with Gasteiger partial charge in [-0.3, -0.25) is 4.72 Å². The fraction of sp³-hybridized carbons (Fsp3) is 0.267. The van der Waals surface area contributed by atoms with Crippen LogP contribution in [0.25, 0.3) is 0 Å². The minimum atomic E-state index is -3.70. The molecular weight excluding hydrogens is 286 g/mol. The summed E-state index contributed by atoms with van der Waals surface area (Å²) in [5, 5.41) is 0. The van der Waals surface area contributed by atoms with Crippen molar-refractivity contribution in [1.82, 2.24) is 4.98 Å². The number of nitrogen functional groups attached to an aromatic ring is 1. The number of nitrogens with two attached hydrogens (primary N) is 1. The second-order valence-corrected chi connectivity index (χ2v) is 6.65. The second kappa shape index (κ2) is 5.73. The van der Waals surface area contributed by atoms with Gasteiger partial charge >= 0.3 is 0 Å². The van der Waals surface area contributed by atoms with Crippen LogP contribution >= 0.6 is 0 Å². The van der Waals surface area contributed by atoms with Gasteiger partial charge in [0.25, 0.3) is 10.0 Å². The molecule has 0 bridgehead atoms. The van der Waals surface area contributed by atoms with E-state index < -0.39 is 10.0 Å². The third-order valence-electron chi connectivity index (χ3n) is 3.10. The highest BCUT2D eigenvalue weighted by molar-refractivity contribution is 7.92. The van der Waals surface area contributed by atoms with E-state index in [1.165, 1.54) is 6.07 Å². The van der Waals surface area contributed by atoms with Crippen LogP contribution in [0, 0.1) is 13.8 Å². The molecule has 0 atom stereocenters. The number of nitrogens with one attached hydrogen (secondary N) is 1. The Balaban J connectivity index is 2.45. The molecule has 1 heterocycles. The SMILES string of the molecule is CCc1ccc(N)cc1S(=O)(=O)Nc1cc(C)cc(C)n1. The van der Waals surface area contributed by atoms with Gasteiger partial charge < -0.3 is 5.73 Å². The lowest BCUT2D eigenvalue weighted by molar-refractivity contribution is 0.600. The summed E-state index contributed by atoms with van der Waals surface area (Å²) in [6, 6.07) is 8.49. The summed E-state index contributed by atoms with van der Waals surface area (Å²) in [5.74, 6) is 0.317. The molecule has 0 radical (unpaired) electrons. The van der Waals surface area contributed by atoms with Crippen molar-refractivity contribution in [3.63, 3.8) is 0 Å². The van der Waals surface area contributed by atoms with Gasteiger partial charge in [-0.05, 0) is 55.7 Å². The standard InChI is InChI=1S/C15H19N3O2S/c1-4-12-5-6-13(16)9-14(12)21(19,20)18-15-8-10(2)7-11(3)17-15/h5-9H,4,16H2,1-3H3,(H,17,18). The first-order valence-electron chi connectivity index (χ1n) is 6.68. The molecule has 3 N–H and O–H groups in total. The maximum atomic E-state index is 12.5. The van der Waals surface area contributed by atoms with Crippen LogP contribution in [-0.4, -0.2) is 13.4 Å². The number of benzene rings is 1. The zero-order valence-corrected chi connectivity index (χ0v) is 13.2. The second-order valence-electron chi connectivity index (χ2n) is 5.00. The Kier molecular flexibility index (Phi) is 4.18. The smallest absolute Gasteiger partial charge is 0.263 e. The Hall–Kier alpha value is -2.08. The van der Waals surface area contributed by atoms with Crippen LogP contribution in [0.1, 0.15) is 23.7 Å². The summed E-state index contributed by atoms with van der Waals surface area (Å²) in [4.78, 5) is 4.40. The fourth-order valence-electron chi connectivity index (χ4n) is 2.20. The molecule has 0 aliphatic carbocycles. The van der Waals surface area contributed by atoms with Crippen LogP contribution in [0.15, 0.2) is 35.2 Å². The number of rotatable bonds is 4. The molecule has 2 aromatic rings. The third kappa shape index (κ3) is 3.52. The third-order valence-corrected chi connectivity index (χ3v) is 4.54. The minimum Gasteiger partial charge on any atom is -0.399 e. The molecule has 0 spiro atoms. The molecule has 21 heavy (non-hydrogen) atoms. The molecule has 112 valence electrons. The molecule has 0 aliphatic heterocycles. The number of sulfonamides is 1. The Morgan fingerprint density at radius 2 is 1.90 bits per heavy atom. The number of anilines is 2. The lowest BCUT2D eigenvalue weighted by atomic mass is 10.1. The normalized spacial score (nSPS) is 11.4. The number of aromatic nitrogens is 1. The van der Waals surface area contributed by atoms with Gasteiger partial charge in [-0.1, -0.05) is 13.0 Å². The number of aryl methyl sites for hydroxylation is 3. The van der Waals surface area contributed by atoms with Gasteiger partial charge in [0, 0.05) is 11.4 Å². The van der Waals surface area contributed by atoms with Gasteiger partial charge in [-0.2, -0.15) is 0 Å². The van der Waals surface area contributed by atoms with E-state index in [4.69, 9.17) is 5.73 Å². The van der Waals surface area contributed by atoms with Crippen molar-refractivity contribution in [2.45, 2.75) is 32.1 Å². The largest absolute Gasteiger partial charge is 0.399 e. The monoisotopic (exact) mass is 305 g/mol.